The number of rotatable bonds is 0. The number of halogens is 1. The van der Waals surface area contributed by atoms with E-state index in [0.29, 0.717) is 0 Å². The number of nitrogens with one attached hydrogen (secondary N) is 2. The van der Waals surface area contributed by atoms with E-state index in [1.54, 1.807) is 6.07 Å². The van der Waals surface area contributed by atoms with Crippen molar-refractivity contribution in [2.75, 3.05) is 6.54 Å². The first kappa shape index (κ1) is 9.85. The van der Waals surface area contributed by atoms with Gasteiger partial charge in [0, 0.05) is 23.1 Å². The largest absolute Gasteiger partial charge is 0.357 e. The minimum absolute atomic E-state index is 0.0525. The highest BCUT2D eigenvalue weighted by molar-refractivity contribution is 5.85. The average Bonchev–Trinajstić information content (AvgIpc) is 2.57. The zero-order valence-electron chi connectivity index (χ0n) is 9.52. The summed E-state index contributed by atoms with van der Waals surface area (Å²) >= 11 is 0. The van der Waals surface area contributed by atoms with Gasteiger partial charge in [-0.1, -0.05) is 0 Å². The Bertz CT molecular complexity index is 554. The summed E-state index contributed by atoms with van der Waals surface area (Å²) in [7, 11) is 0. The van der Waals surface area contributed by atoms with Crippen molar-refractivity contribution in [3.8, 4) is 0 Å². The molecule has 0 bridgehead atoms. The van der Waals surface area contributed by atoms with E-state index in [9.17, 15) is 4.39 Å². The maximum absolute atomic E-state index is 13.2. The van der Waals surface area contributed by atoms with E-state index >= 15 is 0 Å². The fraction of sp³-hybridized carbons (Fsp3) is 0.385. The number of H-pyrrole nitrogens is 1. The summed E-state index contributed by atoms with van der Waals surface area (Å²) < 4.78 is 13.2. The first-order valence-electron chi connectivity index (χ1n) is 5.63. The molecule has 2 N–H and O–H groups in total. The van der Waals surface area contributed by atoms with E-state index in [1.165, 1.54) is 17.3 Å². The molecule has 1 aliphatic rings. The lowest BCUT2D eigenvalue weighted by atomic mass is 9.90. The highest BCUT2D eigenvalue weighted by atomic mass is 19.1. The van der Waals surface area contributed by atoms with Crippen molar-refractivity contribution in [2.45, 2.75) is 25.8 Å². The Morgan fingerprint density at radius 1 is 1.31 bits per heavy atom. The number of aromatic amines is 1. The van der Waals surface area contributed by atoms with Crippen LogP contribution >= 0.6 is 0 Å². The summed E-state index contributed by atoms with van der Waals surface area (Å²) in [5.74, 6) is -0.183. The van der Waals surface area contributed by atoms with Crippen molar-refractivity contribution in [3.05, 3.63) is 35.3 Å². The van der Waals surface area contributed by atoms with Crippen molar-refractivity contribution in [1.29, 1.82) is 0 Å². The van der Waals surface area contributed by atoms with E-state index in [4.69, 9.17) is 0 Å². The summed E-state index contributed by atoms with van der Waals surface area (Å²) in [6.45, 7) is 5.28. The summed E-state index contributed by atoms with van der Waals surface area (Å²) in [5.41, 5.74) is 3.38. The molecule has 1 aliphatic heterocycles. The lowest BCUT2D eigenvalue weighted by Crippen LogP contribution is -2.42. The van der Waals surface area contributed by atoms with Crippen LogP contribution < -0.4 is 5.32 Å². The normalized spacial score (nSPS) is 18.7. The molecule has 1 aromatic heterocycles. The molecule has 0 atom stereocenters. The molecule has 84 valence electrons. The minimum atomic E-state index is -0.183. The Balaban J connectivity index is 2.32. The van der Waals surface area contributed by atoms with Crippen LogP contribution in [0.2, 0.25) is 0 Å². The second-order valence-electron chi connectivity index (χ2n) is 4.97. The maximum atomic E-state index is 13.2. The third kappa shape index (κ3) is 1.28. The standard InChI is InChI=1S/C13H15FN2/c1-13(2)12-10(5-6-15-13)9-4-3-8(14)7-11(9)16-12/h3-4,7,15-16H,5-6H2,1-2H3. The Labute approximate surface area is 93.9 Å². The molecule has 16 heavy (non-hydrogen) atoms. The molecule has 0 spiro atoms. The second kappa shape index (κ2) is 3.08. The van der Waals surface area contributed by atoms with Gasteiger partial charge in [0.05, 0.1) is 5.54 Å². The van der Waals surface area contributed by atoms with E-state index in [-0.39, 0.29) is 11.4 Å². The molecule has 2 nitrogen and oxygen atoms in total. The van der Waals surface area contributed by atoms with Crippen LogP contribution in [0.5, 0.6) is 0 Å². The zero-order valence-corrected chi connectivity index (χ0v) is 9.52. The Morgan fingerprint density at radius 3 is 2.94 bits per heavy atom. The molecule has 0 saturated carbocycles. The van der Waals surface area contributed by atoms with E-state index < -0.39 is 0 Å². The van der Waals surface area contributed by atoms with Crippen LogP contribution in [0.3, 0.4) is 0 Å². The third-order valence-electron chi connectivity index (χ3n) is 3.44. The van der Waals surface area contributed by atoms with E-state index in [0.717, 1.165) is 23.9 Å². The van der Waals surface area contributed by atoms with Gasteiger partial charge in [-0.25, -0.2) is 4.39 Å². The fourth-order valence-corrected chi connectivity index (χ4v) is 2.61. The number of hydrogen-bond donors (Lipinski definition) is 2. The first-order valence-corrected chi connectivity index (χ1v) is 5.63. The van der Waals surface area contributed by atoms with Crippen LogP contribution in [0, 0.1) is 5.82 Å². The quantitative estimate of drug-likeness (QED) is 0.699. The smallest absolute Gasteiger partial charge is 0.125 e. The molecule has 0 fully saturated rings. The Hall–Kier alpha value is -1.35. The van der Waals surface area contributed by atoms with E-state index in [2.05, 4.69) is 24.1 Å². The van der Waals surface area contributed by atoms with Gasteiger partial charge in [-0.05, 0) is 44.0 Å². The van der Waals surface area contributed by atoms with Crippen molar-refractivity contribution in [3.63, 3.8) is 0 Å². The summed E-state index contributed by atoms with van der Waals surface area (Å²) in [6, 6.07) is 4.98. The lowest BCUT2D eigenvalue weighted by molar-refractivity contribution is 0.374. The molecule has 0 radical (unpaired) electrons. The van der Waals surface area contributed by atoms with Gasteiger partial charge in [0.25, 0.3) is 0 Å². The molecule has 3 heteroatoms. The van der Waals surface area contributed by atoms with Crippen molar-refractivity contribution >= 4 is 10.9 Å². The minimum Gasteiger partial charge on any atom is -0.357 e. The Morgan fingerprint density at radius 2 is 2.12 bits per heavy atom. The summed E-state index contributed by atoms with van der Waals surface area (Å²) in [4.78, 5) is 3.34. The predicted octanol–water partition coefficient (Wildman–Crippen LogP) is 2.69. The fourth-order valence-electron chi connectivity index (χ4n) is 2.61. The van der Waals surface area contributed by atoms with Gasteiger partial charge in [-0.3, -0.25) is 0 Å². The number of hydrogen-bond acceptors (Lipinski definition) is 1. The van der Waals surface area contributed by atoms with Crippen LogP contribution in [-0.2, 0) is 12.0 Å². The van der Waals surface area contributed by atoms with Crippen molar-refractivity contribution in [1.82, 2.24) is 10.3 Å². The summed E-state index contributed by atoms with van der Waals surface area (Å²) in [6.07, 6.45) is 1.00. The van der Waals surface area contributed by atoms with Crippen LogP contribution in [0.4, 0.5) is 4.39 Å². The van der Waals surface area contributed by atoms with Gasteiger partial charge >= 0.3 is 0 Å². The summed E-state index contributed by atoms with van der Waals surface area (Å²) in [5, 5.41) is 4.62. The molecule has 2 heterocycles. The molecule has 0 unspecified atom stereocenters. The topological polar surface area (TPSA) is 27.8 Å². The van der Waals surface area contributed by atoms with Gasteiger partial charge in [0.2, 0.25) is 0 Å². The van der Waals surface area contributed by atoms with Gasteiger partial charge in [-0.2, -0.15) is 0 Å². The molecular formula is C13H15FN2. The monoisotopic (exact) mass is 218 g/mol. The van der Waals surface area contributed by atoms with Crippen LogP contribution in [-0.4, -0.2) is 11.5 Å². The van der Waals surface area contributed by atoms with Crippen molar-refractivity contribution in [2.24, 2.45) is 0 Å². The molecule has 0 saturated heterocycles. The zero-order chi connectivity index (χ0) is 11.3. The SMILES string of the molecule is CC1(C)NCCc2c1[nH]c1cc(F)ccc21. The van der Waals surface area contributed by atoms with Gasteiger partial charge < -0.3 is 10.3 Å². The molecular weight excluding hydrogens is 203 g/mol. The maximum Gasteiger partial charge on any atom is 0.125 e. The van der Waals surface area contributed by atoms with Gasteiger partial charge in [0.1, 0.15) is 5.82 Å². The van der Waals surface area contributed by atoms with Crippen LogP contribution in [0.1, 0.15) is 25.1 Å². The second-order valence-corrected chi connectivity index (χ2v) is 4.97. The first-order chi connectivity index (χ1) is 7.58. The highest BCUT2D eigenvalue weighted by Crippen LogP contribution is 2.33. The van der Waals surface area contributed by atoms with Crippen molar-refractivity contribution < 1.29 is 4.39 Å². The van der Waals surface area contributed by atoms with E-state index in [1.807, 2.05) is 6.07 Å². The number of fused-ring (bicyclic) bond motifs is 3. The van der Waals surface area contributed by atoms with Gasteiger partial charge in [0.15, 0.2) is 0 Å². The third-order valence-corrected chi connectivity index (χ3v) is 3.44. The average molecular weight is 218 g/mol. The van der Waals surface area contributed by atoms with Gasteiger partial charge in [-0.15, -0.1) is 0 Å². The predicted molar refractivity (Wildman–Crippen MR) is 63.0 cm³/mol. The molecule has 0 aliphatic carbocycles. The lowest BCUT2D eigenvalue weighted by Gasteiger charge is -2.31. The number of aromatic nitrogens is 1. The molecule has 3 rings (SSSR count). The molecule has 1 aromatic carbocycles. The Kier molecular flexibility index (Phi) is 1.89. The molecule has 2 aromatic rings. The molecule has 0 amide bonds. The van der Waals surface area contributed by atoms with Crippen LogP contribution in [0.15, 0.2) is 18.2 Å². The number of benzene rings is 1. The van der Waals surface area contributed by atoms with Crippen LogP contribution in [0.25, 0.3) is 10.9 Å². The highest BCUT2D eigenvalue weighted by Gasteiger charge is 2.29.